The minimum absolute atomic E-state index is 0.00114. The number of piperazine rings is 1. The van der Waals surface area contributed by atoms with Crippen molar-refractivity contribution in [2.75, 3.05) is 26.2 Å². The highest BCUT2D eigenvalue weighted by Gasteiger charge is 2.33. The summed E-state index contributed by atoms with van der Waals surface area (Å²) in [5.41, 5.74) is 4.30. The molecule has 9 nitrogen and oxygen atoms in total. The van der Waals surface area contributed by atoms with Crippen molar-refractivity contribution in [1.82, 2.24) is 29.9 Å². The van der Waals surface area contributed by atoms with E-state index in [1.807, 2.05) is 35.0 Å². The molecule has 0 saturated carbocycles. The number of nitrogens with one attached hydrogen (secondary N) is 1. The number of aryl methyl sites for hydroxylation is 2. The van der Waals surface area contributed by atoms with Gasteiger partial charge in [0.15, 0.2) is 5.69 Å². The van der Waals surface area contributed by atoms with Crippen LogP contribution in [0.25, 0.3) is 0 Å². The molecule has 3 aromatic rings. The Hall–Kier alpha value is -4.01. The van der Waals surface area contributed by atoms with E-state index >= 15 is 0 Å². The van der Waals surface area contributed by atoms with E-state index in [9.17, 15) is 14.4 Å². The Bertz CT molecular complexity index is 1240. The smallest absolute Gasteiger partial charge is 0.275 e. The van der Waals surface area contributed by atoms with E-state index in [1.165, 1.54) is 5.56 Å². The molecule has 0 bridgehead atoms. The lowest BCUT2D eigenvalue weighted by Gasteiger charge is -2.29. The molecular weight excluding hydrogens is 456 g/mol. The number of rotatable bonds is 7. The number of amides is 3. The third kappa shape index (κ3) is 5.30. The first-order chi connectivity index (χ1) is 17.6. The van der Waals surface area contributed by atoms with E-state index in [0.29, 0.717) is 44.8 Å². The van der Waals surface area contributed by atoms with Gasteiger partial charge in [-0.15, -0.1) is 0 Å². The molecule has 0 radical (unpaired) electrons. The fraction of sp³-hybridized carbons (Fsp3) is 0.370. The van der Waals surface area contributed by atoms with Crippen molar-refractivity contribution in [2.24, 2.45) is 0 Å². The standard InChI is InChI=1S/C27H30N6O3/c34-24-19-32(15-12-29-24)27(36)26-22-18-31(25(35)16-21-8-4-11-28-17-21)14-10-23(22)33(30-26)13-5-9-20-6-2-1-3-7-20/h1-4,6-8,11,17H,5,9-10,12-16,18-19H2,(H,29,34). The first kappa shape index (κ1) is 23.7. The summed E-state index contributed by atoms with van der Waals surface area (Å²) in [6, 6.07) is 14.0. The van der Waals surface area contributed by atoms with Crippen molar-refractivity contribution in [3.05, 3.63) is 82.9 Å². The number of benzene rings is 1. The van der Waals surface area contributed by atoms with Gasteiger partial charge in [-0.2, -0.15) is 5.10 Å². The van der Waals surface area contributed by atoms with Crippen LogP contribution in [0.5, 0.6) is 0 Å². The molecule has 1 N–H and O–H groups in total. The third-order valence-electron chi connectivity index (χ3n) is 6.77. The molecule has 5 rings (SSSR count). The summed E-state index contributed by atoms with van der Waals surface area (Å²) in [6.07, 6.45) is 6.10. The second-order valence-corrected chi connectivity index (χ2v) is 9.27. The molecule has 1 aromatic carbocycles. The Morgan fingerprint density at radius 1 is 0.972 bits per heavy atom. The molecule has 0 atom stereocenters. The van der Waals surface area contributed by atoms with Crippen LogP contribution in [0.2, 0.25) is 0 Å². The summed E-state index contributed by atoms with van der Waals surface area (Å²) in [5.74, 6) is -0.412. The predicted molar refractivity (Wildman–Crippen MR) is 133 cm³/mol. The van der Waals surface area contributed by atoms with Crippen LogP contribution < -0.4 is 5.32 Å². The van der Waals surface area contributed by atoms with Crippen molar-refractivity contribution >= 4 is 17.7 Å². The van der Waals surface area contributed by atoms with E-state index in [4.69, 9.17) is 5.10 Å². The van der Waals surface area contributed by atoms with Crippen molar-refractivity contribution in [2.45, 2.75) is 38.8 Å². The fourth-order valence-electron chi connectivity index (χ4n) is 4.89. The quantitative estimate of drug-likeness (QED) is 0.547. The van der Waals surface area contributed by atoms with Gasteiger partial charge in [0.25, 0.3) is 5.91 Å². The molecule has 9 heteroatoms. The van der Waals surface area contributed by atoms with Crippen LogP contribution in [-0.2, 0) is 41.9 Å². The van der Waals surface area contributed by atoms with Gasteiger partial charge in [0.2, 0.25) is 11.8 Å². The number of nitrogens with zero attached hydrogens (tertiary/aromatic N) is 5. The maximum Gasteiger partial charge on any atom is 0.275 e. The van der Waals surface area contributed by atoms with Crippen LogP contribution in [0.4, 0.5) is 0 Å². The van der Waals surface area contributed by atoms with E-state index in [2.05, 4.69) is 22.4 Å². The van der Waals surface area contributed by atoms with Crippen molar-refractivity contribution in [3.8, 4) is 0 Å². The number of pyridine rings is 1. The van der Waals surface area contributed by atoms with Crippen LogP contribution in [0.1, 0.15) is 39.3 Å². The van der Waals surface area contributed by atoms with E-state index in [-0.39, 0.29) is 30.7 Å². The maximum absolute atomic E-state index is 13.5. The molecule has 0 spiro atoms. The van der Waals surface area contributed by atoms with Gasteiger partial charge < -0.3 is 15.1 Å². The summed E-state index contributed by atoms with van der Waals surface area (Å²) < 4.78 is 1.94. The van der Waals surface area contributed by atoms with Gasteiger partial charge >= 0.3 is 0 Å². The Kier molecular flexibility index (Phi) is 7.06. The third-order valence-corrected chi connectivity index (χ3v) is 6.77. The highest BCUT2D eigenvalue weighted by atomic mass is 16.2. The Balaban J connectivity index is 1.36. The molecule has 4 heterocycles. The van der Waals surface area contributed by atoms with Gasteiger partial charge in [0, 0.05) is 62.8 Å². The number of aromatic nitrogens is 3. The summed E-state index contributed by atoms with van der Waals surface area (Å²) >= 11 is 0. The van der Waals surface area contributed by atoms with Crippen LogP contribution in [0.15, 0.2) is 54.9 Å². The molecular formula is C27H30N6O3. The van der Waals surface area contributed by atoms with E-state index < -0.39 is 0 Å². The van der Waals surface area contributed by atoms with Crippen molar-refractivity contribution in [3.63, 3.8) is 0 Å². The fourth-order valence-corrected chi connectivity index (χ4v) is 4.89. The minimum atomic E-state index is -0.246. The average Bonchev–Trinajstić information content (AvgIpc) is 3.27. The second-order valence-electron chi connectivity index (χ2n) is 9.27. The van der Waals surface area contributed by atoms with Crippen LogP contribution in [0.3, 0.4) is 0 Å². The highest BCUT2D eigenvalue weighted by molar-refractivity contribution is 5.97. The SMILES string of the molecule is O=C1CN(C(=O)c2nn(CCCc3ccccc3)c3c2CN(C(=O)Cc2cccnc2)CC3)CCN1. The maximum atomic E-state index is 13.5. The predicted octanol–water partition coefficient (Wildman–Crippen LogP) is 1.61. The summed E-state index contributed by atoms with van der Waals surface area (Å²) in [7, 11) is 0. The number of carbonyl (C=O) groups excluding carboxylic acids is 3. The zero-order valence-corrected chi connectivity index (χ0v) is 20.2. The topological polar surface area (TPSA) is 100 Å². The molecule has 3 amide bonds. The summed E-state index contributed by atoms with van der Waals surface area (Å²) in [4.78, 5) is 45.9. The zero-order chi connectivity index (χ0) is 24.9. The van der Waals surface area contributed by atoms with Crippen LogP contribution in [-0.4, -0.2) is 68.5 Å². The van der Waals surface area contributed by atoms with Gasteiger partial charge in [-0.3, -0.25) is 24.0 Å². The highest BCUT2D eigenvalue weighted by Crippen LogP contribution is 2.25. The summed E-state index contributed by atoms with van der Waals surface area (Å²) in [5, 5.41) is 7.50. The molecule has 0 aliphatic carbocycles. The van der Waals surface area contributed by atoms with Gasteiger partial charge in [0.05, 0.1) is 13.0 Å². The molecule has 2 aliphatic rings. The molecule has 0 unspecified atom stereocenters. The second kappa shape index (κ2) is 10.7. The minimum Gasteiger partial charge on any atom is -0.353 e. The normalized spacial score (nSPS) is 15.4. The lowest BCUT2D eigenvalue weighted by molar-refractivity contribution is -0.131. The Morgan fingerprint density at radius 2 is 1.81 bits per heavy atom. The largest absolute Gasteiger partial charge is 0.353 e. The van der Waals surface area contributed by atoms with Crippen LogP contribution >= 0.6 is 0 Å². The van der Waals surface area contributed by atoms with E-state index in [1.54, 1.807) is 22.2 Å². The first-order valence-electron chi connectivity index (χ1n) is 12.4. The van der Waals surface area contributed by atoms with Gasteiger partial charge in [-0.05, 0) is 30.0 Å². The average molecular weight is 487 g/mol. The monoisotopic (exact) mass is 486 g/mol. The number of carbonyl (C=O) groups is 3. The lowest BCUT2D eigenvalue weighted by atomic mass is 10.0. The molecule has 1 fully saturated rings. The molecule has 36 heavy (non-hydrogen) atoms. The van der Waals surface area contributed by atoms with Gasteiger partial charge in [-0.25, -0.2) is 0 Å². The van der Waals surface area contributed by atoms with Crippen LogP contribution in [0, 0.1) is 0 Å². The molecule has 2 aromatic heterocycles. The Labute approximate surface area is 210 Å². The Morgan fingerprint density at radius 3 is 2.58 bits per heavy atom. The number of hydrogen-bond acceptors (Lipinski definition) is 5. The lowest BCUT2D eigenvalue weighted by Crippen LogP contribution is -2.50. The molecule has 1 saturated heterocycles. The van der Waals surface area contributed by atoms with Crippen molar-refractivity contribution in [1.29, 1.82) is 0 Å². The number of hydrogen-bond donors (Lipinski definition) is 1. The first-order valence-corrected chi connectivity index (χ1v) is 12.4. The molecule has 186 valence electrons. The van der Waals surface area contributed by atoms with Crippen molar-refractivity contribution < 1.29 is 14.4 Å². The molecule has 2 aliphatic heterocycles. The zero-order valence-electron chi connectivity index (χ0n) is 20.2. The summed E-state index contributed by atoms with van der Waals surface area (Å²) in [6.45, 7) is 2.52. The van der Waals surface area contributed by atoms with E-state index in [0.717, 1.165) is 29.7 Å². The number of fused-ring (bicyclic) bond motifs is 1. The van der Waals surface area contributed by atoms with Gasteiger partial charge in [-0.1, -0.05) is 36.4 Å². The van der Waals surface area contributed by atoms with Gasteiger partial charge in [0.1, 0.15) is 0 Å².